The van der Waals surface area contributed by atoms with E-state index in [-0.39, 0.29) is 11.8 Å². The summed E-state index contributed by atoms with van der Waals surface area (Å²) in [6, 6.07) is 16.2. The van der Waals surface area contributed by atoms with Crippen molar-refractivity contribution in [3.63, 3.8) is 0 Å². The molecule has 27 heavy (non-hydrogen) atoms. The zero-order valence-electron chi connectivity index (χ0n) is 15.8. The molecular formula is C22H26N2O2S. The molecule has 1 amide bonds. The number of likely N-dealkylation sites (tertiary alicyclic amines) is 1. The van der Waals surface area contributed by atoms with Gasteiger partial charge in [0.1, 0.15) is 5.75 Å². The number of ether oxygens (including phenoxy) is 1. The van der Waals surface area contributed by atoms with Crippen LogP contribution in [0, 0.1) is 0 Å². The van der Waals surface area contributed by atoms with E-state index in [0.29, 0.717) is 0 Å². The van der Waals surface area contributed by atoms with Crippen molar-refractivity contribution < 1.29 is 9.53 Å². The van der Waals surface area contributed by atoms with Crippen molar-refractivity contribution in [2.45, 2.75) is 23.7 Å². The SMILES string of the molecule is COc1ccc(C2CSc3ccccc3N(CCN3CCCC3)C2=O)cc1. The van der Waals surface area contributed by atoms with Gasteiger partial charge in [-0.1, -0.05) is 24.3 Å². The normalized spacial score (nSPS) is 20.4. The summed E-state index contributed by atoms with van der Waals surface area (Å²) in [6.07, 6.45) is 2.55. The molecule has 5 heteroatoms. The van der Waals surface area contributed by atoms with Gasteiger partial charge in [0, 0.05) is 23.7 Å². The monoisotopic (exact) mass is 382 g/mol. The molecule has 4 nitrogen and oxygen atoms in total. The van der Waals surface area contributed by atoms with Gasteiger partial charge in [-0.05, 0) is 55.8 Å². The third kappa shape index (κ3) is 3.99. The van der Waals surface area contributed by atoms with Crippen molar-refractivity contribution >= 4 is 23.4 Å². The highest BCUT2D eigenvalue weighted by Gasteiger charge is 2.32. The van der Waals surface area contributed by atoms with Gasteiger partial charge in [0.05, 0.1) is 18.7 Å². The maximum Gasteiger partial charge on any atom is 0.235 e. The molecule has 0 bridgehead atoms. The number of carbonyl (C=O) groups excluding carboxylic acids is 1. The molecule has 1 fully saturated rings. The summed E-state index contributed by atoms with van der Waals surface area (Å²) in [6.45, 7) is 4.00. The van der Waals surface area contributed by atoms with Gasteiger partial charge in [-0.15, -0.1) is 11.8 Å². The van der Waals surface area contributed by atoms with Crippen molar-refractivity contribution in [3.8, 4) is 5.75 Å². The summed E-state index contributed by atoms with van der Waals surface area (Å²) in [4.78, 5) is 19.2. The highest BCUT2D eigenvalue weighted by molar-refractivity contribution is 7.99. The Morgan fingerprint density at radius 3 is 2.52 bits per heavy atom. The highest BCUT2D eigenvalue weighted by atomic mass is 32.2. The van der Waals surface area contributed by atoms with Gasteiger partial charge in [0.25, 0.3) is 0 Å². The van der Waals surface area contributed by atoms with Crippen molar-refractivity contribution in [2.24, 2.45) is 0 Å². The summed E-state index contributed by atoms with van der Waals surface area (Å²) in [7, 11) is 1.67. The number of hydrogen-bond donors (Lipinski definition) is 0. The van der Waals surface area contributed by atoms with E-state index in [1.165, 1.54) is 17.7 Å². The summed E-state index contributed by atoms with van der Waals surface area (Å²) in [5, 5.41) is 0. The number of rotatable bonds is 5. The molecule has 2 heterocycles. The molecule has 0 N–H and O–H groups in total. The van der Waals surface area contributed by atoms with Crippen LogP contribution in [0.4, 0.5) is 5.69 Å². The lowest BCUT2D eigenvalue weighted by molar-refractivity contribution is -0.119. The second kappa shape index (κ2) is 8.36. The second-order valence-electron chi connectivity index (χ2n) is 7.14. The average molecular weight is 383 g/mol. The molecule has 0 aliphatic carbocycles. The molecule has 0 saturated carbocycles. The first-order valence-electron chi connectivity index (χ1n) is 9.66. The van der Waals surface area contributed by atoms with E-state index in [1.54, 1.807) is 18.9 Å². The van der Waals surface area contributed by atoms with Crippen molar-refractivity contribution in [2.75, 3.05) is 43.9 Å². The van der Waals surface area contributed by atoms with Gasteiger partial charge in [-0.25, -0.2) is 0 Å². The number of thioether (sulfide) groups is 1. The second-order valence-corrected chi connectivity index (χ2v) is 8.20. The molecule has 4 rings (SSSR count). The molecule has 2 aromatic rings. The predicted molar refractivity (Wildman–Crippen MR) is 111 cm³/mol. The molecule has 0 spiro atoms. The number of amides is 1. The number of anilines is 1. The number of benzene rings is 2. The van der Waals surface area contributed by atoms with E-state index >= 15 is 0 Å². The van der Waals surface area contributed by atoms with Gasteiger partial charge in [-0.3, -0.25) is 4.79 Å². The maximum atomic E-state index is 13.5. The summed E-state index contributed by atoms with van der Waals surface area (Å²) in [5.41, 5.74) is 2.12. The molecule has 2 aliphatic heterocycles. The number of fused-ring (bicyclic) bond motifs is 1. The minimum atomic E-state index is -0.133. The fourth-order valence-electron chi connectivity index (χ4n) is 3.91. The molecule has 0 radical (unpaired) electrons. The average Bonchev–Trinajstić information content (AvgIpc) is 3.18. The van der Waals surface area contributed by atoms with Crippen LogP contribution in [-0.2, 0) is 4.79 Å². The van der Waals surface area contributed by atoms with E-state index < -0.39 is 0 Å². The van der Waals surface area contributed by atoms with Gasteiger partial charge in [-0.2, -0.15) is 0 Å². The Morgan fingerprint density at radius 2 is 1.78 bits per heavy atom. The lowest BCUT2D eigenvalue weighted by atomic mass is 9.99. The Kier molecular flexibility index (Phi) is 5.69. The summed E-state index contributed by atoms with van der Waals surface area (Å²) < 4.78 is 5.27. The third-order valence-electron chi connectivity index (χ3n) is 5.48. The lowest BCUT2D eigenvalue weighted by Gasteiger charge is -2.28. The first-order chi connectivity index (χ1) is 13.3. The first kappa shape index (κ1) is 18.4. The molecule has 2 aromatic carbocycles. The quantitative estimate of drug-likeness (QED) is 0.782. The number of methoxy groups -OCH3 is 1. The number of carbonyl (C=O) groups is 1. The highest BCUT2D eigenvalue weighted by Crippen LogP contribution is 2.39. The Labute approximate surface area is 165 Å². The van der Waals surface area contributed by atoms with Gasteiger partial charge >= 0.3 is 0 Å². The van der Waals surface area contributed by atoms with Crippen LogP contribution in [0.1, 0.15) is 24.3 Å². The largest absolute Gasteiger partial charge is 0.497 e. The Bertz CT molecular complexity index is 787. The smallest absolute Gasteiger partial charge is 0.235 e. The minimum Gasteiger partial charge on any atom is -0.497 e. The number of hydrogen-bond acceptors (Lipinski definition) is 4. The van der Waals surface area contributed by atoms with Crippen LogP contribution in [0.15, 0.2) is 53.4 Å². The van der Waals surface area contributed by atoms with Crippen molar-refractivity contribution in [3.05, 3.63) is 54.1 Å². The van der Waals surface area contributed by atoms with Gasteiger partial charge in [0.15, 0.2) is 0 Å². The van der Waals surface area contributed by atoms with Crippen LogP contribution in [0.25, 0.3) is 0 Å². The Morgan fingerprint density at radius 1 is 1.04 bits per heavy atom. The third-order valence-corrected chi connectivity index (χ3v) is 6.64. The summed E-state index contributed by atoms with van der Waals surface area (Å²) in [5.74, 6) is 1.66. The molecular weight excluding hydrogens is 356 g/mol. The topological polar surface area (TPSA) is 32.8 Å². The molecule has 1 saturated heterocycles. The maximum absolute atomic E-state index is 13.5. The lowest BCUT2D eigenvalue weighted by Crippen LogP contribution is -2.40. The fraction of sp³-hybridized carbons (Fsp3) is 0.409. The van der Waals surface area contributed by atoms with Crippen LogP contribution in [0.2, 0.25) is 0 Å². The molecule has 142 valence electrons. The molecule has 1 atom stereocenters. The van der Waals surface area contributed by atoms with Crippen molar-refractivity contribution in [1.82, 2.24) is 4.90 Å². The molecule has 0 aromatic heterocycles. The van der Waals surface area contributed by atoms with Crippen LogP contribution in [-0.4, -0.2) is 49.8 Å². The molecule has 1 unspecified atom stereocenters. The van der Waals surface area contributed by atoms with Gasteiger partial charge < -0.3 is 14.5 Å². The number of nitrogens with zero attached hydrogens (tertiary/aromatic N) is 2. The van der Waals surface area contributed by atoms with E-state index in [1.807, 2.05) is 35.2 Å². The van der Waals surface area contributed by atoms with Gasteiger partial charge in [0.2, 0.25) is 5.91 Å². The van der Waals surface area contributed by atoms with Crippen LogP contribution < -0.4 is 9.64 Å². The van der Waals surface area contributed by atoms with E-state index in [9.17, 15) is 4.79 Å². The zero-order chi connectivity index (χ0) is 18.6. The van der Waals surface area contributed by atoms with E-state index in [4.69, 9.17) is 4.74 Å². The van der Waals surface area contributed by atoms with Crippen molar-refractivity contribution in [1.29, 1.82) is 0 Å². The Hall–Kier alpha value is -1.98. The van der Waals surface area contributed by atoms with E-state index in [2.05, 4.69) is 23.1 Å². The summed E-state index contributed by atoms with van der Waals surface area (Å²) >= 11 is 1.78. The zero-order valence-corrected chi connectivity index (χ0v) is 16.6. The minimum absolute atomic E-state index is 0.133. The Balaban J connectivity index is 1.60. The first-order valence-corrected chi connectivity index (χ1v) is 10.6. The fourth-order valence-corrected chi connectivity index (χ4v) is 5.09. The van der Waals surface area contributed by atoms with Crippen LogP contribution in [0.5, 0.6) is 5.75 Å². The standard InChI is InChI=1S/C22H26N2O2S/c1-26-18-10-8-17(9-11-18)19-16-27-21-7-3-2-6-20(21)24(22(19)25)15-14-23-12-4-5-13-23/h2-3,6-11,19H,4-5,12-16H2,1H3. The van der Waals surface area contributed by atoms with E-state index in [0.717, 1.165) is 48.9 Å². The van der Waals surface area contributed by atoms with Crippen LogP contribution in [0.3, 0.4) is 0 Å². The number of para-hydroxylation sites is 1. The predicted octanol–water partition coefficient (Wildman–Crippen LogP) is 4.01. The van der Waals surface area contributed by atoms with Crippen LogP contribution >= 0.6 is 11.8 Å². The molecule has 2 aliphatic rings.